The Labute approximate surface area is 98.5 Å². The molecule has 0 aromatic carbocycles. The molecule has 0 amide bonds. The summed E-state index contributed by atoms with van der Waals surface area (Å²) in [4.78, 5) is 0. The highest BCUT2D eigenvalue weighted by atomic mass is 32.1. The van der Waals surface area contributed by atoms with Crippen molar-refractivity contribution in [3.63, 3.8) is 0 Å². The summed E-state index contributed by atoms with van der Waals surface area (Å²) < 4.78 is 1.97. The van der Waals surface area contributed by atoms with Crippen LogP contribution in [-0.2, 0) is 13.1 Å². The summed E-state index contributed by atoms with van der Waals surface area (Å²) in [5.41, 5.74) is 2.88. The van der Waals surface area contributed by atoms with Crippen molar-refractivity contribution in [3.05, 3.63) is 23.5 Å². The largest absolute Gasteiger partial charge is 0.356 e. The molecule has 0 saturated heterocycles. The first-order valence-corrected chi connectivity index (χ1v) is 6.13. The summed E-state index contributed by atoms with van der Waals surface area (Å²) in [5.74, 6) is 0.615. The Hall–Kier alpha value is -1.43. The molecule has 0 aliphatic heterocycles. The molecule has 0 aliphatic carbocycles. The molecule has 1 N–H and O–H groups in total. The molecule has 2 heterocycles. The smallest absolute Gasteiger partial charge is 0.205 e. The SMILES string of the molecule is CC(C)Cn1cc(CNc2nncs2)cn1. The van der Waals surface area contributed by atoms with Crippen LogP contribution < -0.4 is 5.32 Å². The summed E-state index contributed by atoms with van der Waals surface area (Å²) in [5, 5.41) is 16.0. The molecule has 2 aromatic heterocycles. The van der Waals surface area contributed by atoms with E-state index in [1.807, 2.05) is 10.9 Å². The molecule has 2 aromatic rings. The van der Waals surface area contributed by atoms with Crippen LogP contribution in [0, 0.1) is 5.92 Å². The number of nitrogens with zero attached hydrogens (tertiary/aromatic N) is 4. The number of hydrogen-bond donors (Lipinski definition) is 1. The zero-order chi connectivity index (χ0) is 11.4. The number of aromatic nitrogens is 4. The summed E-state index contributed by atoms with van der Waals surface area (Å²) >= 11 is 1.50. The maximum Gasteiger partial charge on any atom is 0.205 e. The van der Waals surface area contributed by atoms with Crippen LogP contribution in [-0.4, -0.2) is 20.0 Å². The van der Waals surface area contributed by atoms with Gasteiger partial charge in [-0.15, -0.1) is 10.2 Å². The Morgan fingerprint density at radius 3 is 3.06 bits per heavy atom. The van der Waals surface area contributed by atoms with Crippen molar-refractivity contribution in [1.82, 2.24) is 20.0 Å². The predicted octanol–water partition coefficient (Wildman–Crippen LogP) is 2.00. The molecule has 0 spiro atoms. The third-order valence-electron chi connectivity index (χ3n) is 2.04. The molecule has 86 valence electrons. The molecular formula is C10H15N5S. The van der Waals surface area contributed by atoms with E-state index in [1.165, 1.54) is 11.3 Å². The van der Waals surface area contributed by atoms with Crippen molar-refractivity contribution in [3.8, 4) is 0 Å². The van der Waals surface area contributed by atoms with Crippen LogP contribution in [0.3, 0.4) is 0 Å². The lowest BCUT2D eigenvalue weighted by Gasteiger charge is -2.03. The van der Waals surface area contributed by atoms with Crippen molar-refractivity contribution < 1.29 is 0 Å². The fourth-order valence-electron chi connectivity index (χ4n) is 1.40. The van der Waals surface area contributed by atoms with E-state index < -0.39 is 0 Å². The molecule has 6 heteroatoms. The summed E-state index contributed by atoms with van der Waals surface area (Å²) in [6, 6.07) is 0. The fourth-order valence-corrected chi connectivity index (χ4v) is 1.84. The lowest BCUT2D eigenvalue weighted by atomic mass is 10.2. The Morgan fingerprint density at radius 1 is 1.50 bits per heavy atom. The zero-order valence-electron chi connectivity index (χ0n) is 9.42. The average Bonchev–Trinajstić information content (AvgIpc) is 2.84. The van der Waals surface area contributed by atoms with E-state index in [0.29, 0.717) is 5.92 Å². The second-order valence-corrected chi connectivity index (χ2v) is 4.90. The third-order valence-corrected chi connectivity index (χ3v) is 2.69. The van der Waals surface area contributed by atoms with Gasteiger partial charge in [-0.3, -0.25) is 4.68 Å². The lowest BCUT2D eigenvalue weighted by Crippen LogP contribution is -2.04. The Kier molecular flexibility index (Phi) is 3.51. The van der Waals surface area contributed by atoms with Gasteiger partial charge in [0.15, 0.2) is 0 Å². The van der Waals surface area contributed by atoms with Crippen LogP contribution in [0.25, 0.3) is 0 Å². The quantitative estimate of drug-likeness (QED) is 0.864. The van der Waals surface area contributed by atoms with Crippen molar-refractivity contribution in [2.45, 2.75) is 26.9 Å². The van der Waals surface area contributed by atoms with E-state index in [1.54, 1.807) is 5.51 Å². The maximum absolute atomic E-state index is 4.30. The Bertz CT molecular complexity index is 420. The Balaban J connectivity index is 1.88. The number of rotatable bonds is 5. The molecule has 0 aliphatic rings. The van der Waals surface area contributed by atoms with Gasteiger partial charge in [-0.05, 0) is 5.92 Å². The van der Waals surface area contributed by atoms with E-state index in [4.69, 9.17) is 0 Å². The van der Waals surface area contributed by atoms with Gasteiger partial charge in [0.2, 0.25) is 5.13 Å². The number of hydrogen-bond acceptors (Lipinski definition) is 5. The molecule has 0 radical (unpaired) electrons. The molecule has 0 saturated carbocycles. The van der Waals surface area contributed by atoms with Crippen LogP contribution in [0.15, 0.2) is 17.9 Å². The van der Waals surface area contributed by atoms with Gasteiger partial charge in [0.05, 0.1) is 6.20 Å². The van der Waals surface area contributed by atoms with Crippen molar-refractivity contribution in [1.29, 1.82) is 0 Å². The second-order valence-electron chi connectivity index (χ2n) is 4.06. The summed E-state index contributed by atoms with van der Waals surface area (Å²) in [7, 11) is 0. The van der Waals surface area contributed by atoms with E-state index in [2.05, 4.69) is 40.7 Å². The van der Waals surface area contributed by atoms with Crippen LogP contribution in [0.5, 0.6) is 0 Å². The molecule has 0 atom stereocenters. The minimum absolute atomic E-state index is 0.615. The average molecular weight is 237 g/mol. The minimum atomic E-state index is 0.615. The highest BCUT2D eigenvalue weighted by molar-refractivity contribution is 7.13. The van der Waals surface area contributed by atoms with Gasteiger partial charge in [-0.2, -0.15) is 5.10 Å². The van der Waals surface area contributed by atoms with Crippen LogP contribution in [0.1, 0.15) is 19.4 Å². The van der Waals surface area contributed by atoms with Gasteiger partial charge >= 0.3 is 0 Å². The molecule has 0 unspecified atom stereocenters. The zero-order valence-corrected chi connectivity index (χ0v) is 10.2. The maximum atomic E-state index is 4.30. The lowest BCUT2D eigenvalue weighted by molar-refractivity contribution is 0.483. The van der Waals surface area contributed by atoms with Gasteiger partial charge in [0.25, 0.3) is 0 Å². The van der Waals surface area contributed by atoms with E-state index in [9.17, 15) is 0 Å². The minimum Gasteiger partial charge on any atom is -0.356 e. The second kappa shape index (κ2) is 5.07. The molecule has 0 fully saturated rings. The van der Waals surface area contributed by atoms with Gasteiger partial charge < -0.3 is 5.32 Å². The molecule has 5 nitrogen and oxygen atoms in total. The van der Waals surface area contributed by atoms with Gasteiger partial charge in [-0.25, -0.2) is 0 Å². The van der Waals surface area contributed by atoms with E-state index >= 15 is 0 Å². The molecule has 2 rings (SSSR count). The molecule has 16 heavy (non-hydrogen) atoms. The number of anilines is 1. The van der Waals surface area contributed by atoms with Crippen molar-refractivity contribution >= 4 is 16.5 Å². The predicted molar refractivity (Wildman–Crippen MR) is 64.3 cm³/mol. The third kappa shape index (κ3) is 3.03. The van der Waals surface area contributed by atoms with E-state index in [0.717, 1.165) is 23.8 Å². The molecular weight excluding hydrogens is 222 g/mol. The first-order chi connectivity index (χ1) is 7.74. The first-order valence-electron chi connectivity index (χ1n) is 5.25. The van der Waals surface area contributed by atoms with Crippen LogP contribution >= 0.6 is 11.3 Å². The fraction of sp³-hybridized carbons (Fsp3) is 0.500. The highest BCUT2D eigenvalue weighted by Gasteiger charge is 2.01. The molecule has 0 bridgehead atoms. The highest BCUT2D eigenvalue weighted by Crippen LogP contribution is 2.10. The standard InChI is InChI=1S/C10H15N5S/c1-8(2)5-15-6-9(4-13-15)3-11-10-14-12-7-16-10/h4,6-8H,3,5H2,1-2H3,(H,11,14). The van der Waals surface area contributed by atoms with Gasteiger partial charge in [-0.1, -0.05) is 25.2 Å². The van der Waals surface area contributed by atoms with Crippen LogP contribution in [0.4, 0.5) is 5.13 Å². The topological polar surface area (TPSA) is 55.6 Å². The van der Waals surface area contributed by atoms with Gasteiger partial charge in [0, 0.05) is 24.8 Å². The first kappa shape index (κ1) is 11.1. The van der Waals surface area contributed by atoms with Crippen LogP contribution in [0.2, 0.25) is 0 Å². The number of nitrogens with one attached hydrogen (secondary N) is 1. The normalized spacial score (nSPS) is 10.9. The van der Waals surface area contributed by atoms with Gasteiger partial charge in [0.1, 0.15) is 5.51 Å². The van der Waals surface area contributed by atoms with E-state index in [-0.39, 0.29) is 0 Å². The Morgan fingerprint density at radius 2 is 2.38 bits per heavy atom. The summed E-state index contributed by atoms with van der Waals surface area (Å²) in [6.07, 6.45) is 3.95. The van der Waals surface area contributed by atoms with Crippen molar-refractivity contribution in [2.75, 3.05) is 5.32 Å². The summed E-state index contributed by atoms with van der Waals surface area (Å²) in [6.45, 7) is 6.06. The monoisotopic (exact) mass is 237 g/mol. The van der Waals surface area contributed by atoms with Crippen molar-refractivity contribution in [2.24, 2.45) is 5.92 Å².